The number of hydrogen-bond acceptors (Lipinski definition) is 5. The van der Waals surface area contributed by atoms with E-state index < -0.39 is 0 Å². The molecule has 0 bridgehead atoms. The first kappa shape index (κ1) is 21.8. The highest BCUT2D eigenvalue weighted by Crippen LogP contribution is 2.38. The summed E-state index contributed by atoms with van der Waals surface area (Å²) in [5.41, 5.74) is 3.40. The molecule has 1 atom stereocenters. The molecule has 0 saturated heterocycles. The molecule has 7 heteroatoms. The van der Waals surface area contributed by atoms with Gasteiger partial charge < -0.3 is 15.0 Å². The van der Waals surface area contributed by atoms with E-state index in [-0.39, 0.29) is 30.3 Å². The summed E-state index contributed by atoms with van der Waals surface area (Å²) in [6.45, 7) is 2.24. The first-order chi connectivity index (χ1) is 15.0. The number of rotatable bonds is 4. The van der Waals surface area contributed by atoms with Gasteiger partial charge in [-0.2, -0.15) is 0 Å². The number of carbonyl (C=O) groups excluding carboxylic acids is 2. The van der Waals surface area contributed by atoms with Crippen LogP contribution in [-0.4, -0.2) is 31.6 Å². The number of ether oxygens (including phenoxy) is 1. The van der Waals surface area contributed by atoms with Crippen molar-refractivity contribution in [1.29, 1.82) is 0 Å². The number of methoxy groups -OCH3 is 1. The highest BCUT2D eigenvalue weighted by molar-refractivity contribution is 7.17. The summed E-state index contributed by atoms with van der Waals surface area (Å²) < 4.78 is 18.7. The number of fused-ring (bicyclic) bond motifs is 2. The second-order valence-electron chi connectivity index (χ2n) is 8.45. The smallest absolute Gasteiger partial charge is 0.341 e. The van der Waals surface area contributed by atoms with Gasteiger partial charge in [0, 0.05) is 16.6 Å². The number of anilines is 2. The van der Waals surface area contributed by atoms with Gasteiger partial charge in [0.15, 0.2) is 0 Å². The highest BCUT2D eigenvalue weighted by Gasteiger charge is 2.28. The summed E-state index contributed by atoms with van der Waals surface area (Å²) in [5.74, 6) is -0.819. The third kappa shape index (κ3) is 4.61. The van der Waals surface area contributed by atoms with Crippen LogP contribution >= 0.6 is 11.3 Å². The average Bonchev–Trinajstić information content (AvgIpc) is 3.05. The number of carbonyl (C=O) groups is 2. The Labute approximate surface area is 186 Å². The van der Waals surface area contributed by atoms with E-state index in [2.05, 4.69) is 12.2 Å². The molecule has 0 saturated carbocycles. The predicted molar refractivity (Wildman–Crippen MR) is 122 cm³/mol. The normalized spacial score (nSPS) is 18.4. The molecular weight excluding hydrogens is 415 g/mol. The van der Waals surface area contributed by atoms with Crippen LogP contribution in [0.2, 0.25) is 0 Å². The van der Waals surface area contributed by atoms with E-state index in [9.17, 15) is 14.0 Å². The number of nitrogens with zero attached hydrogens (tertiary/aromatic N) is 1. The van der Waals surface area contributed by atoms with Crippen molar-refractivity contribution in [2.45, 2.75) is 64.3 Å². The summed E-state index contributed by atoms with van der Waals surface area (Å²) in [6, 6.07) is 4.92. The van der Waals surface area contributed by atoms with Crippen LogP contribution in [0.25, 0.3) is 0 Å². The van der Waals surface area contributed by atoms with Crippen molar-refractivity contribution in [2.24, 2.45) is 0 Å². The fraction of sp³-hybridized carbons (Fsp3) is 0.500. The lowest BCUT2D eigenvalue weighted by molar-refractivity contribution is -0.115. The van der Waals surface area contributed by atoms with E-state index in [1.165, 1.54) is 35.8 Å². The first-order valence-electron chi connectivity index (χ1n) is 11.1. The zero-order chi connectivity index (χ0) is 22.0. The zero-order valence-electron chi connectivity index (χ0n) is 18.1. The van der Waals surface area contributed by atoms with Gasteiger partial charge in [0.05, 0.1) is 19.2 Å². The number of benzene rings is 1. The third-order valence-electron chi connectivity index (χ3n) is 6.34. The van der Waals surface area contributed by atoms with E-state index in [0.29, 0.717) is 10.6 Å². The van der Waals surface area contributed by atoms with E-state index in [4.69, 9.17) is 4.74 Å². The summed E-state index contributed by atoms with van der Waals surface area (Å²) in [6.07, 6.45) is 7.93. The van der Waals surface area contributed by atoms with Crippen molar-refractivity contribution >= 4 is 33.9 Å². The van der Waals surface area contributed by atoms with E-state index in [0.717, 1.165) is 61.8 Å². The molecule has 1 unspecified atom stereocenters. The van der Waals surface area contributed by atoms with Crippen LogP contribution < -0.4 is 10.2 Å². The number of nitrogens with one attached hydrogen (secondary N) is 1. The van der Waals surface area contributed by atoms with E-state index in [1.807, 2.05) is 4.90 Å². The largest absolute Gasteiger partial charge is 0.465 e. The lowest BCUT2D eigenvalue weighted by atomic mass is 9.96. The highest BCUT2D eigenvalue weighted by atomic mass is 32.1. The van der Waals surface area contributed by atoms with Crippen LogP contribution in [0.1, 0.15) is 65.4 Å². The van der Waals surface area contributed by atoms with Gasteiger partial charge in [-0.05, 0) is 74.8 Å². The maximum atomic E-state index is 13.7. The topological polar surface area (TPSA) is 58.6 Å². The number of aryl methyl sites for hydroxylation is 2. The maximum Gasteiger partial charge on any atom is 0.341 e. The molecule has 5 nitrogen and oxygen atoms in total. The summed E-state index contributed by atoms with van der Waals surface area (Å²) in [5, 5.41) is 3.59. The molecule has 1 aromatic carbocycles. The number of hydrogen-bond donors (Lipinski definition) is 1. The Morgan fingerprint density at radius 3 is 2.74 bits per heavy atom. The molecule has 0 spiro atoms. The van der Waals surface area contributed by atoms with Gasteiger partial charge >= 0.3 is 5.97 Å². The van der Waals surface area contributed by atoms with E-state index in [1.54, 1.807) is 12.1 Å². The molecule has 1 amide bonds. The molecule has 1 N–H and O–H groups in total. The molecule has 166 valence electrons. The monoisotopic (exact) mass is 444 g/mol. The maximum absolute atomic E-state index is 13.7. The average molecular weight is 445 g/mol. The molecule has 1 aliphatic heterocycles. The zero-order valence-corrected chi connectivity index (χ0v) is 18.9. The molecule has 2 aliphatic rings. The number of halogens is 1. The summed E-state index contributed by atoms with van der Waals surface area (Å²) in [4.78, 5) is 28.8. The van der Waals surface area contributed by atoms with Gasteiger partial charge in [0.1, 0.15) is 10.8 Å². The molecule has 1 aromatic heterocycles. The second-order valence-corrected chi connectivity index (χ2v) is 9.56. The number of thiophene rings is 1. The lowest BCUT2D eigenvalue weighted by Crippen LogP contribution is -2.42. The molecule has 0 radical (unpaired) electrons. The van der Waals surface area contributed by atoms with Crippen LogP contribution in [-0.2, 0) is 28.8 Å². The van der Waals surface area contributed by atoms with Gasteiger partial charge in [-0.1, -0.05) is 12.8 Å². The standard InChI is InChI=1S/C24H29FN2O3S/c1-15-9-10-16-13-17(25)11-12-19(16)27(15)14-21(28)26-23-22(24(29)30-2)18-7-5-3-4-6-8-20(18)31-23/h11-13,15H,3-10,14H2,1-2H3,(H,26,28). The summed E-state index contributed by atoms with van der Waals surface area (Å²) in [7, 11) is 1.38. The Hall–Kier alpha value is -2.41. The second kappa shape index (κ2) is 9.39. The Kier molecular flexibility index (Phi) is 6.60. The van der Waals surface area contributed by atoms with Crippen LogP contribution in [0.5, 0.6) is 0 Å². The van der Waals surface area contributed by atoms with Crippen molar-refractivity contribution in [3.8, 4) is 0 Å². The minimum Gasteiger partial charge on any atom is -0.465 e. The molecular formula is C24H29FN2O3S. The van der Waals surface area contributed by atoms with Crippen molar-refractivity contribution in [3.05, 3.63) is 45.6 Å². The van der Waals surface area contributed by atoms with Crippen LogP contribution in [0.15, 0.2) is 18.2 Å². The molecule has 0 fully saturated rings. The minimum atomic E-state index is -0.388. The van der Waals surface area contributed by atoms with Crippen LogP contribution in [0.3, 0.4) is 0 Å². The molecule has 31 heavy (non-hydrogen) atoms. The van der Waals surface area contributed by atoms with E-state index >= 15 is 0 Å². The fourth-order valence-electron chi connectivity index (χ4n) is 4.68. The van der Waals surface area contributed by atoms with Gasteiger partial charge in [0.25, 0.3) is 0 Å². The quantitative estimate of drug-likeness (QED) is 0.666. The molecule has 1 aliphatic carbocycles. The van der Waals surface area contributed by atoms with Gasteiger partial charge in [0.2, 0.25) is 5.91 Å². The van der Waals surface area contributed by atoms with Crippen molar-refractivity contribution in [3.63, 3.8) is 0 Å². The van der Waals surface area contributed by atoms with Crippen molar-refractivity contribution in [2.75, 3.05) is 23.9 Å². The SMILES string of the molecule is COC(=O)c1c(NC(=O)CN2c3ccc(F)cc3CCC2C)sc2c1CCCCCC2. The molecule has 2 aromatic rings. The molecule has 2 heterocycles. The third-order valence-corrected chi connectivity index (χ3v) is 7.55. The first-order valence-corrected chi connectivity index (χ1v) is 11.9. The van der Waals surface area contributed by atoms with Gasteiger partial charge in [-0.25, -0.2) is 9.18 Å². The lowest BCUT2D eigenvalue weighted by Gasteiger charge is -2.36. The number of amides is 1. The Balaban J connectivity index is 1.58. The van der Waals surface area contributed by atoms with Gasteiger partial charge in [-0.3, -0.25) is 4.79 Å². The van der Waals surface area contributed by atoms with Crippen LogP contribution in [0, 0.1) is 5.82 Å². The Morgan fingerprint density at radius 2 is 1.97 bits per heavy atom. The van der Waals surface area contributed by atoms with Crippen LogP contribution in [0.4, 0.5) is 15.1 Å². The van der Waals surface area contributed by atoms with Gasteiger partial charge in [-0.15, -0.1) is 11.3 Å². The Bertz CT molecular complexity index is 987. The number of esters is 1. The molecule has 4 rings (SSSR count). The summed E-state index contributed by atoms with van der Waals surface area (Å²) >= 11 is 1.51. The van der Waals surface area contributed by atoms with Crippen molar-refractivity contribution < 1.29 is 18.7 Å². The predicted octanol–water partition coefficient (Wildman–Crippen LogP) is 5.11. The fourth-order valence-corrected chi connectivity index (χ4v) is 5.97. The minimum absolute atomic E-state index is 0.156. The Morgan fingerprint density at radius 1 is 1.19 bits per heavy atom. The van der Waals surface area contributed by atoms with Crippen molar-refractivity contribution in [1.82, 2.24) is 0 Å².